The van der Waals surface area contributed by atoms with Gasteiger partial charge in [0.25, 0.3) is 5.91 Å². The fourth-order valence-corrected chi connectivity index (χ4v) is 3.30. The summed E-state index contributed by atoms with van der Waals surface area (Å²) in [5.74, 6) is 0.441. The first-order valence-electron chi connectivity index (χ1n) is 8.74. The van der Waals surface area contributed by atoms with Gasteiger partial charge in [-0.3, -0.25) is 4.79 Å². The van der Waals surface area contributed by atoms with Gasteiger partial charge < -0.3 is 24.2 Å². The summed E-state index contributed by atoms with van der Waals surface area (Å²) < 4.78 is 30.3. The van der Waals surface area contributed by atoms with Gasteiger partial charge >= 0.3 is 0 Å². The van der Waals surface area contributed by atoms with Gasteiger partial charge in [-0.2, -0.15) is 0 Å². The Hall–Kier alpha value is -2.51. The number of nitrogens with zero attached hydrogens (tertiary/aromatic N) is 1. The van der Waals surface area contributed by atoms with Gasteiger partial charge in [-0.1, -0.05) is 11.6 Å². The number of aliphatic hydroxyl groups is 1. The lowest BCUT2D eigenvalue weighted by Gasteiger charge is -2.36. The molecule has 0 saturated carbocycles. The van der Waals surface area contributed by atoms with E-state index in [0.29, 0.717) is 30.2 Å². The van der Waals surface area contributed by atoms with E-state index in [0.717, 1.165) is 6.07 Å². The van der Waals surface area contributed by atoms with Gasteiger partial charge in [-0.15, -0.1) is 0 Å². The Kier molecular flexibility index (Phi) is 6.26. The van der Waals surface area contributed by atoms with E-state index in [9.17, 15) is 14.3 Å². The number of piperidine rings is 1. The molecule has 0 unspecified atom stereocenters. The van der Waals surface area contributed by atoms with Gasteiger partial charge in [0.05, 0.1) is 26.3 Å². The second-order valence-corrected chi connectivity index (χ2v) is 6.84. The molecule has 2 aromatic rings. The standard InChI is InChI=1S/C20H21ClFNO5/c1-26-18-6-4-13(10-19(18)27-2)28-17-7-8-23(11-16(17)24)20(25)14-9-12(21)3-5-15(14)22/h3-6,9-10,16-17,24H,7-8,11H2,1-2H3/t16-,17-/m1/s1. The number of aliphatic hydroxyl groups excluding tert-OH is 1. The number of carbonyl (C=O) groups excluding carboxylic acids is 1. The average molecular weight is 410 g/mol. The van der Waals surface area contributed by atoms with Crippen LogP contribution in [0.25, 0.3) is 0 Å². The first-order valence-corrected chi connectivity index (χ1v) is 9.11. The van der Waals surface area contributed by atoms with Gasteiger partial charge in [0.15, 0.2) is 11.5 Å². The maximum Gasteiger partial charge on any atom is 0.256 e. The van der Waals surface area contributed by atoms with E-state index >= 15 is 0 Å². The molecular formula is C20H21ClFNO5. The van der Waals surface area contributed by atoms with Crippen LogP contribution in [0.2, 0.25) is 5.02 Å². The molecule has 6 nitrogen and oxygen atoms in total. The lowest BCUT2D eigenvalue weighted by atomic mass is 10.0. The Balaban J connectivity index is 1.67. The first kappa shape index (κ1) is 20.2. The number of rotatable bonds is 5. The van der Waals surface area contributed by atoms with Crippen molar-refractivity contribution < 1.29 is 28.5 Å². The second-order valence-electron chi connectivity index (χ2n) is 6.40. The average Bonchev–Trinajstić information content (AvgIpc) is 2.70. The monoisotopic (exact) mass is 409 g/mol. The highest BCUT2D eigenvalue weighted by Gasteiger charge is 2.33. The van der Waals surface area contributed by atoms with Crippen molar-refractivity contribution in [2.24, 2.45) is 0 Å². The summed E-state index contributed by atoms with van der Waals surface area (Å²) in [7, 11) is 3.06. The van der Waals surface area contributed by atoms with Crippen molar-refractivity contribution in [3.8, 4) is 17.2 Å². The van der Waals surface area contributed by atoms with Crippen LogP contribution in [0.15, 0.2) is 36.4 Å². The van der Waals surface area contributed by atoms with Crippen molar-refractivity contribution in [1.82, 2.24) is 4.90 Å². The summed E-state index contributed by atoms with van der Waals surface area (Å²) in [4.78, 5) is 14.0. The second kappa shape index (κ2) is 8.67. The van der Waals surface area contributed by atoms with Gasteiger partial charge in [-0.25, -0.2) is 4.39 Å². The number of amides is 1. The molecule has 1 aliphatic heterocycles. The lowest BCUT2D eigenvalue weighted by Crippen LogP contribution is -2.51. The summed E-state index contributed by atoms with van der Waals surface area (Å²) in [5, 5.41) is 10.7. The highest BCUT2D eigenvalue weighted by molar-refractivity contribution is 6.31. The Labute approximate surface area is 167 Å². The van der Waals surface area contributed by atoms with Crippen LogP contribution < -0.4 is 14.2 Å². The maximum atomic E-state index is 14.0. The minimum Gasteiger partial charge on any atom is -0.493 e. The third kappa shape index (κ3) is 4.31. The number of hydrogen-bond acceptors (Lipinski definition) is 5. The SMILES string of the molecule is COc1ccc(O[C@@H]2CCN(C(=O)c3cc(Cl)ccc3F)C[C@H]2O)cc1OC. The molecule has 150 valence electrons. The highest BCUT2D eigenvalue weighted by atomic mass is 35.5. The van der Waals surface area contributed by atoms with Crippen molar-refractivity contribution >= 4 is 17.5 Å². The molecule has 0 aliphatic carbocycles. The summed E-state index contributed by atoms with van der Waals surface area (Å²) in [5.41, 5.74) is -0.112. The third-order valence-electron chi connectivity index (χ3n) is 4.61. The van der Waals surface area contributed by atoms with Crippen molar-refractivity contribution in [3.63, 3.8) is 0 Å². The number of methoxy groups -OCH3 is 2. The van der Waals surface area contributed by atoms with Gasteiger partial charge in [0, 0.05) is 24.1 Å². The smallest absolute Gasteiger partial charge is 0.256 e. The van der Waals surface area contributed by atoms with E-state index in [2.05, 4.69) is 0 Å². The fourth-order valence-electron chi connectivity index (χ4n) is 3.13. The molecule has 2 atom stereocenters. The van der Waals surface area contributed by atoms with Crippen LogP contribution in [-0.4, -0.2) is 55.4 Å². The molecule has 8 heteroatoms. The largest absolute Gasteiger partial charge is 0.493 e. The van der Waals surface area contributed by atoms with Crippen LogP contribution in [0.3, 0.4) is 0 Å². The molecule has 1 N–H and O–H groups in total. The minimum absolute atomic E-state index is 0.0305. The molecular weight excluding hydrogens is 389 g/mol. The molecule has 1 amide bonds. The number of hydrogen-bond donors (Lipinski definition) is 1. The molecule has 1 fully saturated rings. The van der Waals surface area contributed by atoms with Gasteiger partial charge in [0.1, 0.15) is 23.8 Å². The Bertz CT molecular complexity index is 862. The summed E-state index contributed by atoms with van der Waals surface area (Å²) in [6, 6.07) is 8.92. The maximum absolute atomic E-state index is 14.0. The zero-order valence-corrected chi connectivity index (χ0v) is 16.3. The zero-order chi connectivity index (χ0) is 20.3. The number of benzene rings is 2. The van der Waals surface area contributed by atoms with Gasteiger partial charge in [-0.05, 0) is 30.3 Å². The Morgan fingerprint density at radius 1 is 1.18 bits per heavy atom. The summed E-state index contributed by atoms with van der Waals surface area (Å²) >= 11 is 5.86. The lowest BCUT2D eigenvalue weighted by molar-refractivity contribution is -0.0200. The Morgan fingerprint density at radius 3 is 2.61 bits per heavy atom. The van der Waals surface area contributed by atoms with E-state index in [1.165, 1.54) is 31.3 Å². The van der Waals surface area contributed by atoms with Gasteiger partial charge in [0.2, 0.25) is 0 Å². The van der Waals surface area contributed by atoms with Crippen LogP contribution in [0.5, 0.6) is 17.2 Å². The van der Waals surface area contributed by atoms with Crippen molar-refractivity contribution in [2.45, 2.75) is 18.6 Å². The van der Waals surface area contributed by atoms with Crippen LogP contribution in [0.4, 0.5) is 4.39 Å². The summed E-state index contributed by atoms with van der Waals surface area (Å²) in [6.07, 6.45) is -1.04. The quantitative estimate of drug-likeness (QED) is 0.821. The number of halogens is 2. The molecule has 0 bridgehead atoms. The van der Waals surface area contributed by atoms with Crippen LogP contribution in [-0.2, 0) is 0 Å². The predicted octanol–water partition coefficient (Wildman–Crippen LogP) is 3.15. The fraction of sp³-hybridized carbons (Fsp3) is 0.350. The number of likely N-dealkylation sites (tertiary alicyclic amines) is 1. The topological polar surface area (TPSA) is 68.2 Å². The number of carbonyl (C=O) groups is 1. The molecule has 0 radical (unpaired) electrons. The van der Waals surface area contributed by atoms with Crippen molar-refractivity contribution in [1.29, 1.82) is 0 Å². The molecule has 28 heavy (non-hydrogen) atoms. The summed E-state index contributed by atoms with van der Waals surface area (Å²) in [6.45, 7) is 0.350. The van der Waals surface area contributed by atoms with Crippen molar-refractivity contribution in [3.05, 3.63) is 52.8 Å². The molecule has 1 saturated heterocycles. The molecule has 1 aliphatic rings. The molecule has 2 aromatic carbocycles. The van der Waals surface area contributed by atoms with E-state index < -0.39 is 23.9 Å². The van der Waals surface area contributed by atoms with E-state index in [1.807, 2.05) is 0 Å². The number of β-amino-alcohol motifs (C(OH)–C–C–N with tert-alkyl or cyclic N) is 1. The number of ether oxygens (including phenoxy) is 3. The molecule has 0 spiro atoms. The zero-order valence-electron chi connectivity index (χ0n) is 15.5. The van der Waals surface area contributed by atoms with Crippen molar-refractivity contribution in [2.75, 3.05) is 27.3 Å². The van der Waals surface area contributed by atoms with Crippen LogP contribution in [0, 0.1) is 5.82 Å². The first-order chi connectivity index (χ1) is 13.4. The molecule has 1 heterocycles. The molecule has 0 aromatic heterocycles. The minimum atomic E-state index is -0.923. The normalized spacial score (nSPS) is 19.2. The van der Waals surface area contributed by atoms with Crippen LogP contribution in [0.1, 0.15) is 16.8 Å². The highest BCUT2D eigenvalue weighted by Crippen LogP contribution is 2.32. The Morgan fingerprint density at radius 2 is 1.93 bits per heavy atom. The third-order valence-corrected chi connectivity index (χ3v) is 4.84. The predicted molar refractivity (Wildman–Crippen MR) is 102 cm³/mol. The van der Waals surface area contributed by atoms with E-state index in [4.69, 9.17) is 25.8 Å². The molecule has 3 rings (SSSR count). The van der Waals surface area contributed by atoms with Crippen LogP contribution >= 0.6 is 11.6 Å². The van der Waals surface area contributed by atoms with E-state index in [-0.39, 0.29) is 17.1 Å². The van der Waals surface area contributed by atoms with E-state index in [1.54, 1.807) is 18.2 Å².